The number of carbonyl (C=O) groups is 4. The van der Waals surface area contributed by atoms with Crippen LogP contribution in [0.5, 0.6) is 0 Å². The fourth-order valence-electron chi connectivity index (χ4n) is 2.38. The third-order valence-electron chi connectivity index (χ3n) is 3.57. The Morgan fingerprint density at radius 1 is 1.12 bits per heavy atom. The van der Waals surface area contributed by atoms with Crippen LogP contribution in [0.2, 0.25) is 0 Å². The van der Waals surface area contributed by atoms with Crippen LogP contribution < -0.4 is 10.2 Å². The number of hydrogen-bond acceptors (Lipinski definition) is 6. The molecule has 128 valence electrons. The number of ketones is 1. The lowest BCUT2D eigenvalue weighted by molar-refractivity contribution is -0.147. The molecule has 1 aromatic carbocycles. The van der Waals surface area contributed by atoms with E-state index in [9.17, 15) is 19.2 Å². The van der Waals surface area contributed by atoms with E-state index in [1.165, 1.54) is 12.3 Å². The predicted molar refractivity (Wildman–Crippen MR) is 84.6 cm³/mol. The van der Waals surface area contributed by atoms with Crippen LogP contribution in [0.1, 0.15) is 16.1 Å². The van der Waals surface area contributed by atoms with E-state index in [2.05, 4.69) is 5.32 Å². The summed E-state index contributed by atoms with van der Waals surface area (Å²) >= 11 is 0. The molecule has 0 atom stereocenters. The molecule has 1 aliphatic heterocycles. The highest BCUT2D eigenvalue weighted by molar-refractivity contribution is 6.52. The molecule has 8 heteroatoms. The Morgan fingerprint density at radius 2 is 1.92 bits per heavy atom. The quantitative estimate of drug-likeness (QED) is 0.611. The molecule has 1 aliphatic rings. The Kier molecular flexibility index (Phi) is 4.60. The van der Waals surface area contributed by atoms with Crippen LogP contribution in [0, 0.1) is 0 Å². The summed E-state index contributed by atoms with van der Waals surface area (Å²) < 4.78 is 9.90. The van der Waals surface area contributed by atoms with Crippen molar-refractivity contribution in [2.24, 2.45) is 0 Å². The molecular formula is C17H14N2O6. The number of rotatable bonds is 6. The number of nitrogens with zero attached hydrogens (tertiary/aromatic N) is 1. The monoisotopic (exact) mass is 342 g/mol. The van der Waals surface area contributed by atoms with E-state index in [0.717, 1.165) is 4.90 Å². The number of benzene rings is 1. The van der Waals surface area contributed by atoms with Gasteiger partial charge in [-0.15, -0.1) is 0 Å². The second kappa shape index (κ2) is 7.00. The second-order valence-electron chi connectivity index (χ2n) is 5.25. The second-order valence-corrected chi connectivity index (χ2v) is 5.25. The van der Waals surface area contributed by atoms with Crippen molar-refractivity contribution >= 4 is 29.3 Å². The lowest BCUT2D eigenvalue weighted by Crippen LogP contribution is -2.37. The molecule has 0 saturated heterocycles. The van der Waals surface area contributed by atoms with Crippen molar-refractivity contribution in [2.75, 3.05) is 18.1 Å². The lowest BCUT2D eigenvalue weighted by atomic mass is 10.1. The molecular weight excluding hydrogens is 328 g/mol. The van der Waals surface area contributed by atoms with Gasteiger partial charge in [0.1, 0.15) is 12.3 Å². The van der Waals surface area contributed by atoms with E-state index >= 15 is 0 Å². The zero-order valence-electron chi connectivity index (χ0n) is 13.1. The zero-order valence-corrected chi connectivity index (χ0v) is 13.1. The Hall–Kier alpha value is -3.42. The van der Waals surface area contributed by atoms with E-state index in [4.69, 9.17) is 9.15 Å². The fourth-order valence-corrected chi connectivity index (χ4v) is 2.38. The van der Waals surface area contributed by atoms with E-state index < -0.39 is 36.7 Å². The van der Waals surface area contributed by atoms with Gasteiger partial charge in [0.25, 0.3) is 17.6 Å². The van der Waals surface area contributed by atoms with Crippen molar-refractivity contribution < 1.29 is 28.3 Å². The molecule has 1 N–H and O–H groups in total. The molecule has 2 aromatic rings. The summed E-state index contributed by atoms with van der Waals surface area (Å²) in [5.41, 5.74) is 0.605. The Balaban J connectivity index is 1.50. The van der Waals surface area contributed by atoms with E-state index in [-0.39, 0.29) is 12.1 Å². The van der Waals surface area contributed by atoms with E-state index in [1.807, 2.05) is 0 Å². The molecule has 0 spiro atoms. The maximum atomic E-state index is 11.9. The summed E-state index contributed by atoms with van der Waals surface area (Å²) in [5.74, 6) is -2.18. The average Bonchev–Trinajstić information content (AvgIpc) is 3.22. The molecule has 0 radical (unpaired) electrons. The minimum absolute atomic E-state index is 0.176. The van der Waals surface area contributed by atoms with Crippen molar-refractivity contribution in [1.82, 2.24) is 5.32 Å². The molecule has 2 amide bonds. The molecule has 8 nitrogen and oxygen atoms in total. The molecule has 0 unspecified atom stereocenters. The minimum Gasteiger partial charge on any atom is -0.467 e. The number of amides is 2. The van der Waals surface area contributed by atoms with Crippen LogP contribution in [0.4, 0.5) is 5.69 Å². The lowest BCUT2D eigenvalue weighted by Gasteiger charge is -2.15. The SMILES string of the molecule is O=C(COC(=O)CN1C(=O)C(=O)c2ccccc21)NCc1ccco1. The molecule has 0 saturated carbocycles. The summed E-state index contributed by atoms with van der Waals surface area (Å²) in [7, 11) is 0. The maximum absolute atomic E-state index is 11.9. The number of furan rings is 1. The highest BCUT2D eigenvalue weighted by Gasteiger charge is 2.36. The summed E-state index contributed by atoms with van der Waals surface area (Å²) in [5, 5.41) is 2.52. The first-order valence-corrected chi connectivity index (χ1v) is 7.46. The molecule has 1 aromatic heterocycles. The average molecular weight is 342 g/mol. The van der Waals surface area contributed by atoms with Gasteiger partial charge in [0.15, 0.2) is 6.61 Å². The molecule has 2 heterocycles. The molecule has 25 heavy (non-hydrogen) atoms. The summed E-state index contributed by atoms with van der Waals surface area (Å²) in [6.07, 6.45) is 1.48. The van der Waals surface area contributed by atoms with Crippen LogP contribution in [0.25, 0.3) is 0 Å². The maximum Gasteiger partial charge on any atom is 0.326 e. The topological polar surface area (TPSA) is 106 Å². The van der Waals surface area contributed by atoms with Gasteiger partial charge in [-0.2, -0.15) is 0 Å². The van der Waals surface area contributed by atoms with Gasteiger partial charge in [0, 0.05) is 0 Å². The van der Waals surface area contributed by atoms with Crippen molar-refractivity contribution in [1.29, 1.82) is 0 Å². The largest absolute Gasteiger partial charge is 0.467 e. The minimum atomic E-state index is -0.791. The van der Waals surface area contributed by atoms with Gasteiger partial charge in [0.05, 0.1) is 24.1 Å². The van der Waals surface area contributed by atoms with Gasteiger partial charge in [-0.3, -0.25) is 24.1 Å². The Labute approximate surface area is 142 Å². The van der Waals surface area contributed by atoms with Crippen LogP contribution in [0.15, 0.2) is 47.1 Å². The third kappa shape index (κ3) is 3.57. The van der Waals surface area contributed by atoms with E-state index in [0.29, 0.717) is 11.4 Å². The van der Waals surface area contributed by atoms with E-state index in [1.54, 1.807) is 30.3 Å². The standard InChI is InChI=1S/C17H14N2O6/c20-14(18-8-11-4-3-7-24-11)10-25-15(21)9-19-13-6-2-1-5-12(13)16(22)17(19)23/h1-7H,8-10H2,(H,18,20). The number of ether oxygens (including phenoxy) is 1. The smallest absolute Gasteiger partial charge is 0.326 e. The number of fused-ring (bicyclic) bond motifs is 1. The van der Waals surface area contributed by atoms with Gasteiger partial charge < -0.3 is 14.5 Å². The number of anilines is 1. The fraction of sp³-hybridized carbons (Fsp3) is 0.176. The number of Topliss-reactive ketones (excluding diaryl/α,β-unsaturated/α-hetero) is 1. The number of para-hydroxylation sites is 1. The van der Waals surface area contributed by atoms with Crippen LogP contribution in [-0.2, 0) is 25.7 Å². The van der Waals surface area contributed by atoms with Gasteiger partial charge in [0.2, 0.25) is 0 Å². The number of carbonyl (C=O) groups excluding carboxylic acids is 4. The normalized spacial score (nSPS) is 12.9. The molecule has 0 fully saturated rings. The van der Waals surface area contributed by atoms with Crippen LogP contribution >= 0.6 is 0 Å². The first kappa shape index (κ1) is 16.4. The summed E-state index contributed by atoms with van der Waals surface area (Å²) in [6, 6.07) is 9.76. The van der Waals surface area contributed by atoms with Gasteiger partial charge >= 0.3 is 5.97 Å². The van der Waals surface area contributed by atoms with Crippen LogP contribution in [-0.4, -0.2) is 36.7 Å². The number of hydrogen-bond donors (Lipinski definition) is 1. The Morgan fingerprint density at radius 3 is 2.68 bits per heavy atom. The third-order valence-corrected chi connectivity index (χ3v) is 3.57. The summed E-state index contributed by atoms with van der Waals surface area (Å²) in [6.45, 7) is -0.750. The Bertz CT molecular complexity index is 827. The predicted octanol–water partition coefficient (Wildman–Crippen LogP) is 0.668. The number of nitrogens with one attached hydrogen (secondary N) is 1. The van der Waals surface area contributed by atoms with Gasteiger partial charge in [-0.25, -0.2) is 0 Å². The first-order valence-electron chi connectivity index (χ1n) is 7.46. The molecule has 0 bridgehead atoms. The molecule has 0 aliphatic carbocycles. The summed E-state index contributed by atoms with van der Waals surface area (Å²) in [4.78, 5) is 48.3. The van der Waals surface area contributed by atoms with Crippen LogP contribution in [0.3, 0.4) is 0 Å². The first-order chi connectivity index (χ1) is 12.1. The van der Waals surface area contributed by atoms with Gasteiger partial charge in [-0.1, -0.05) is 12.1 Å². The number of esters is 1. The molecule has 3 rings (SSSR count). The van der Waals surface area contributed by atoms with Crippen molar-refractivity contribution in [3.05, 3.63) is 54.0 Å². The van der Waals surface area contributed by atoms with Crippen molar-refractivity contribution in [2.45, 2.75) is 6.54 Å². The highest BCUT2D eigenvalue weighted by atomic mass is 16.5. The zero-order chi connectivity index (χ0) is 17.8. The highest BCUT2D eigenvalue weighted by Crippen LogP contribution is 2.28. The van der Waals surface area contributed by atoms with Crippen molar-refractivity contribution in [3.8, 4) is 0 Å². The van der Waals surface area contributed by atoms with Crippen molar-refractivity contribution in [3.63, 3.8) is 0 Å². The van der Waals surface area contributed by atoms with Gasteiger partial charge in [-0.05, 0) is 24.3 Å².